The summed E-state index contributed by atoms with van der Waals surface area (Å²) < 4.78 is 30.6. The van der Waals surface area contributed by atoms with Crippen LogP contribution in [0.1, 0.15) is 43.9 Å². The minimum absolute atomic E-state index is 0.188. The number of nitrogens with zero attached hydrogens (tertiary/aromatic N) is 2. The molecule has 0 spiro atoms. The summed E-state index contributed by atoms with van der Waals surface area (Å²) in [6.45, 7) is 2.35. The van der Waals surface area contributed by atoms with Crippen molar-refractivity contribution in [2.24, 2.45) is 0 Å². The maximum absolute atomic E-state index is 14.2. The van der Waals surface area contributed by atoms with E-state index in [9.17, 15) is 9.18 Å². The Labute approximate surface area is 207 Å². The van der Waals surface area contributed by atoms with E-state index in [1.54, 1.807) is 25.3 Å². The lowest BCUT2D eigenvalue weighted by atomic mass is 10.1. The van der Waals surface area contributed by atoms with E-state index in [0.29, 0.717) is 52.5 Å². The number of carbonyl (C=O) groups excluding carboxylic acids is 1. The number of hydrogen-bond donors (Lipinski definition) is 0. The van der Waals surface area contributed by atoms with Crippen molar-refractivity contribution in [2.45, 2.75) is 45.6 Å². The maximum atomic E-state index is 14.2. The molecule has 0 aliphatic heterocycles. The molecule has 34 heavy (non-hydrogen) atoms. The second-order valence-electron chi connectivity index (χ2n) is 7.65. The van der Waals surface area contributed by atoms with Crippen LogP contribution in [-0.2, 0) is 22.6 Å². The molecule has 6 nitrogen and oxygen atoms in total. The van der Waals surface area contributed by atoms with Crippen molar-refractivity contribution in [3.05, 3.63) is 70.3 Å². The number of aryl methyl sites for hydroxylation is 1. The van der Waals surface area contributed by atoms with Gasteiger partial charge in [0.25, 0.3) is 0 Å². The van der Waals surface area contributed by atoms with Crippen molar-refractivity contribution in [3.8, 4) is 22.8 Å². The van der Waals surface area contributed by atoms with Gasteiger partial charge in [-0.1, -0.05) is 31.4 Å². The SMILES string of the molecule is C1CC1.CCOC(=O)CCc1cccc(OCc2cnc(-c3cc(OC)ccc3F)c(Br)n2)c1. The Morgan fingerprint density at radius 1 is 1.12 bits per heavy atom. The van der Waals surface area contributed by atoms with Gasteiger partial charge in [-0.25, -0.2) is 9.37 Å². The Morgan fingerprint density at radius 2 is 1.91 bits per heavy atom. The Balaban J connectivity index is 0.000000999. The fourth-order valence-corrected chi connectivity index (χ4v) is 3.43. The molecule has 2 aromatic carbocycles. The van der Waals surface area contributed by atoms with Crippen LogP contribution in [0.5, 0.6) is 11.5 Å². The number of methoxy groups -OCH3 is 1. The van der Waals surface area contributed by atoms with Crippen LogP contribution in [0.4, 0.5) is 4.39 Å². The van der Waals surface area contributed by atoms with Gasteiger partial charge in [-0.05, 0) is 65.2 Å². The Kier molecular flexibility index (Phi) is 9.82. The zero-order chi connectivity index (χ0) is 24.3. The lowest BCUT2D eigenvalue weighted by Crippen LogP contribution is -2.05. The van der Waals surface area contributed by atoms with Crippen LogP contribution in [0.15, 0.2) is 53.3 Å². The minimum Gasteiger partial charge on any atom is -0.497 e. The zero-order valence-corrected chi connectivity index (χ0v) is 20.9. The van der Waals surface area contributed by atoms with Gasteiger partial charge >= 0.3 is 5.97 Å². The monoisotopic (exact) mass is 530 g/mol. The van der Waals surface area contributed by atoms with Crippen LogP contribution in [0.25, 0.3) is 11.3 Å². The van der Waals surface area contributed by atoms with Crippen LogP contribution < -0.4 is 9.47 Å². The Bertz CT molecular complexity index is 1110. The van der Waals surface area contributed by atoms with E-state index in [1.165, 1.54) is 32.4 Å². The minimum atomic E-state index is -0.417. The summed E-state index contributed by atoms with van der Waals surface area (Å²) in [5.74, 6) is 0.545. The van der Waals surface area contributed by atoms with E-state index in [4.69, 9.17) is 14.2 Å². The van der Waals surface area contributed by atoms with Crippen molar-refractivity contribution in [1.82, 2.24) is 9.97 Å². The first kappa shape index (κ1) is 25.6. The standard InChI is InChI=1S/C23H22BrFN2O4.C3H6/c1-3-30-21(28)10-7-15-5-4-6-18(11-15)31-14-16-13-26-22(23(24)27-16)19-12-17(29-2)8-9-20(19)25;1-2-3-1/h4-6,8-9,11-13H,3,7,10,14H2,1-2H3;1-3H2. The molecule has 0 saturated heterocycles. The number of ether oxygens (including phenoxy) is 3. The predicted molar refractivity (Wildman–Crippen MR) is 131 cm³/mol. The molecule has 3 aromatic rings. The first-order chi connectivity index (χ1) is 16.5. The highest BCUT2D eigenvalue weighted by Crippen LogP contribution is 2.30. The molecule has 1 heterocycles. The van der Waals surface area contributed by atoms with Crippen LogP contribution in [-0.4, -0.2) is 29.7 Å². The van der Waals surface area contributed by atoms with Crippen molar-refractivity contribution in [3.63, 3.8) is 0 Å². The van der Waals surface area contributed by atoms with Crippen molar-refractivity contribution < 1.29 is 23.4 Å². The summed E-state index contributed by atoms with van der Waals surface area (Å²) in [6, 6.07) is 11.9. The highest BCUT2D eigenvalue weighted by molar-refractivity contribution is 9.10. The molecule has 1 aliphatic rings. The van der Waals surface area contributed by atoms with Crippen LogP contribution in [0.3, 0.4) is 0 Å². The molecule has 1 saturated carbocycles. The highest BCUT2D eigenvalue weighted by Gasteiger charge is 2.14. The summed E-state index contributed by atoms with van der Waals surface area (Å²) in [4.78, 5) is 20.3. The van der Waals surface area contributed by atoms with E-state index >= 15 is 0 Å². The summed E-state index contributed by atoms with van der Waals surface area (Å²) in [5, 5.41) is 0. The molecule has 0 amide bonds. The smallest absolute Gasteiger partial charge is 0.306 e. The van der Waals surface area contributed by atoms with Gasteiger partial charge in [0.15, 0.2) is 0 Å². The van der Waals surface area contributed by atoms with E-state index in [-0.39, 0.29) is 12.6 Å². The maximum Gasteiger partial charge on any atom is 0.306 e. The molecule has 8 heteroatoms. The Morgan fingerprint density at radius 3 is 2.59 bits per heavy atom. The number of hydrogen-bond acceptors (Lipinski definition) is 6. The van der Waals surface area contributed by atoms with Gasteiger partial charge in [0.2, 0.25) is 0 Å². The van der Waals surface area contributed by atoms with Crippen molar-refractivity contribution in [2.75, 3.05) is 13.7 Å². The van der Waals surface area contributed by atoms with Gasteiger partial charge in [-0.3, -0.25) is 9.78 Å². The lowest BCUT2D eigenvalue weighted by molar-refractivity contribution is -0.143. The molecule has 1 aromatic heterocycles. The quantitative estimate of drug-likeness (QED) is 0.302. The number of carbonyl (C=O) groups is 1. The molecule has 0 N–H and O–H groups in total. The first-order valence-electron chi connectivity index (χ1n) is 11.2. The molecule has 0 atom stereocenters. The molecule has 1 aliphatic carbocycles. The highest BCUT2D eigenvalue weighted by atomic mass is 79.9. The largest absolute Gasteiger partial charge is 0.497 e. The number of esters is 1. The molecule has 0 radical (unpaired) electrons. The fourth-order valence-electron chi connectivity index (χ4n) is 2.89. The third kappa shape index (κ3) is 8.09. The van der Waals surface area contributed by atoms with E-state index < -0.39 is 5.82 Å². The lowest BCUT2D eigenvalue weighted by Gasteiger charge is -2.10. The molecular weight excluding hydrogens is 503 g/mol. The van der Waals surface area contributed by atoms with Crippen molar-refractivity contribution >= 4 is 21.9 Å². The van der Waals surface area contributed by atoms with Gasteiger partial charge in [-0.15, -0.1) is 0 Å². The van der Waals surface area contributed by atoms with Gasteiger partial charge < -0.3 is 14.2 Å². The van der Waals surface area contributed by atoms with E-state index in [0.717, 1.165) is 5.56 Å². The zero-order valence-electron chi connectivity index (χ0n) is 19.4. The summed E-state index contributed by atoms with van der Waals surface area (Å²) in [6.07, 6.45) is 6.93. The molecule has 0 unspecified atom stereocenters. The van der Waals surface area contributed by atoms with Gasteiger partial charge in [0.05, 0.1) is 25.6 Å². The second kappa shape index (κ2) is 13.0. The third-order valence-corrected chi connectivity index (χ3v) is 5.32. The average molecular weight is 531 g/mol. The number of aromatic nitrogens is 2. The molecular formula is C26H28BrFN2O4. The summed E-state index contributed by atoms with van der Waals surface area (Å²) in [5.41, 5.74) is 2.22. The Hall–Kier alpha value is -3.00. The normalized spacial score (nSPS) is 11.8. The molecule has 180 valence electrons. The number of halogens is 2. The van der Waals surface area contributed by atoms with Crippen LogP contribution in [0, 0.1) is 5.82 Å². The molecule has 0 bridgehead atoms. The first-order valence-corrected chi connectivity index (χ1v) is 12.0. The number of benzene rings is 2. The molecule has 1 fully saturated rings. The van der Waals surface area contributed by atoms with Crippen LogP contribution >= 0.6 is 15.9 Å². The fraction of sp³-hybridized carbons (Fsp3) is 0.346. The van der Waals surface area contributed by atoms with Gasteiger partial charge in [0.1, 0.15) is 34.2 Å². The van der Waals surface area contributed by atoms with E-state index in [2.05, 4.69) is 25.9 Å². The van der Waals surface area contributed by atoms with E-state index in [1.807, 2.05) is 24.3 Å². The van der Waals surface area contributed by atoms with Gasteiger partial charge in [0, 0.05) is 12.0 Å². The second-order valence-corrected chi connectivity index (χ2v) is 8.40. The third-order valence-electron chi connectivity index (χ3n) is 4.77. The predicted octanol–water partition coefficient (Wildman–Crippen LogP) is 6.30. The average Bonchev–Trinajstić information content (AvgIpc) is 3.72. The summed E-state index contributed by atoms with van der Waals surface area (Å²) in [7, 11) is 1.52. The van der Waals surface area contributed by atoms with Gasteiger partial charge in [-0.2, -0.15) is 0 Å². The van der Waals surface area contributed by atoms with Crippen LogP contribution in [0.2, 0.25) is 0 Å². The summed E-state index contributed by atoms with van der Waals surface area (Å²) >= 11 is 3.37. The topological polar surface area (TPSA) is 70.5 Å². The van der Waals surface area contributed by atoms with Crippen molar-refractivity contribution in [1.29, 1.82) is 0 Å². The molecule has 4 rings (SSSR count). The number of rotatable bonds is 9.